The molecule has 4 nitrogen and oxygen atoms in total. The van der Waals surface area contributed by atoms with Crippen molar-refractivity contribution in [1.29, 1.82) is 0 Å². The molecule has 0 bridgehead atoms. The molecule has 0 aliphatic heterocycles. The molecule has 0 aliphatic rings. The quantitative estimate of drug-likeness (QED) is 0.719. The number of anilines is 2. The van der Waals surface area contributed by atoms with Crippen LogP contribution in [0.15, 0.2) is 30.6 Å². The van der Waals surface area contributed by atoms with Crippen LogP contribution in [0.3, 0.4) is 0 Å². The zero-order valence-electron chi connectivity index (χ0n) is 9.03. The van der Waals surface area contributed by atoms with Crippen LogP contribution in [0.4, 0.5) is 11.4 Å². The van der Waals surface area contributed by atoms with Gasteiger partial charge >= 0.3 is 0 Å². The van der Waals surface area contributed by atoms with Crippen LogP contribution in [0.2, 0.25) is 0 Å². The standard InChI is InChI=1S/C11H14N4.ClH/c1-8-6-9(2-3-10(8)12)15-7-11-13-4-5-14-11;/h2-6,15H,7,12H2,1H3,(H,13,14);1H. The summed E-state index contributed by atoms with van der Waals surface area (Å²) in [6, 6.07) is 5.89. The van der Waals surface area contributed by atoms with Crippen LogP contribution in [0.1, 0.15) is 11.4 Å². The van der Waals surface area contributed by atoms with Crippen molar-refractivity contribution in [2.24, 2.45) is 0 Å². The third-order valence-electron chi connectivity index (χ3n) is 2.28. The van der Waals surface area contributed by atoms with Crippen LogP contribution >= 0.6 is 12.4 Å². The van der Waals surface area contributed by atoms with Crippen LogP contribution < -0.4 is 11.1 Å². The summed E-state index contributed by atoms with van der Waals surface area (Å²) in [6.07, 6.45) is 3.55. The number of nitrogens with zero attached hydrogens (tertiary/aromatic N) is 1. The third-order valence-corrected chi connectivity index (χ3v) is 2.28. The van der Waals surface area contributed by atoms with Crippen molar-refractivity contribution in [2.75, 3.05) is 11.1 Å². The molecule has 0 amide bonds. The van der Waals surface area contributed by atoms with Gasteiger partial charge in [0, 0.05) is 23.8 Å². The number of nitrogen functional groups attached to an aromatic ring is 1. The molecule has 0 spiro atoms. The molecule has 16 heavy (non-hydrogen) atoms. The lowest BCUT2D eigenvalue weighted by Crippen LogP contribution is -2.01. The molecule has 1 aromatic carbocycles. The van der Waals surface area contributed by atoms with Crippen molar-refractivity contribution in [3.8, 4) is 0 Å². The molecule has 0 fully saturated rings. The van der Waals surface area contributed by atoms with Crippen LogP contribution in [-0.4, -0.2) is 9.97 Å². The smallest absolute Gasteiger partial charge is 0.125 e. The van der Waals surface area contributed by atoms with Crippen LogP contribution in [0.5, 0.6) is 0 Å². The lowest BCUT2D eigenvalue weighted by Gasteiger charge is -2.06. The fourth-order valence-corrected chi connectivity index (χ4v) is 1.37. The molecular formula is C11H15ClN4. The number of H-pyrrole nitrogens is 1. The molecular weight excluding hydrogens is 224 g/mol. The van der Waals surface area contributed by atoms with Crippen molar-refractivity contribution in [1.82, 2.24) is 9.97 Å². The highest BCUT2D eigenvalue weighted by atomic mass is 35.5. The summed E-state index contributed by atoms with van der Waals surface area (Å²) in [5.41, 5.74) is 8.69. The van der Waals surface area contributed by atoms with Gasteiger partial charge in [0.25, 0.3) is 0 Å². The van der Waals surface area contributed by atoms with E-state index in [9.17, 15) is 0 Å². The summed E-state index contributed by atoms with van der Waals surface area (Å²) < 4.78 is 0. The van der Waals surface area contributed by atoms with E-state index in [-0.39, 0.29) is 12.4 Å². The molecule has 5 heteroatoms. The maximum absolute atomic E-state index is 5.73. The average molecular weight is 239 g/mol. The van der Waals surface area contributed by atoms with Gasteiger partial charge < -0.3 is 16.0 Å². The van der Waals surface area contributed by atoms with Crippen molar-refractivity contribution in [2.45, 2.75) is 13.5 Å². The molecule has 1 heterocycles. The number of aromatic nitrogens is 2. The first kappa shape index (κ1) is 12.4. The highest BCUT2D eigenvalue weighted by Gasteiger charge is 1.97. The fraction of sp³-hybridized carbons (Fsp3) is 0.182. The van der Waals surface area contributed by atoms with Gasteiger partial charge in [-0.25, -0.2) is 4.98 Å². The van der Waals surface area contributed by atoms with Gasteiger partial charge in [-0.3, -0.25) is 0 Å². The van der Waals surface area contributed by atoms with Crippen LogP contribution in [0.25, 0.3) is 0 Å². The van der Waals surface area contributed by atoms with Gasteiger partial charge in [-0.1, -0.05) is 0 Å². The van der Waals surface area contributed by atoms with Crippen molar-refractivity contribution in [3.05, 3.63) is 42.0 Å². The largest absolute Gasteiger partial charge is 0.399 e. The lowest BCUT2D eigenvalue weighted by atomic mass is 10.2. The second kappa shape index (κ2) is 5.42. The summed E-state index contributed by atoms with van der Waals surface area (Å²) in [4.78, 5) is 7.16. The average Bonchev–Trinajstić information content (AvgIpc) is 2.73. The lowest BCUT2D eigenvalue weighted by molar-refractivity contribution is 1.000. The van der Waals surface area contributed by atoms with E-state index >= 15 is 0 Å². The minimum Gasteiger partial charge on any atom is -0.399 e. The number of hydrogen-bond donors (Lipinski definition) is 3. The van der Waals surface area contributed by atoms with E-state index in [1.54, 1.807) is 6.20 Å². The Morgan fingerprint density at radius 3 is 2.88 bits per heavy atom. The van der Waals surface area contributed by atoms with Gasteiger partial charge in [0.15, 0.2) is 0 Å². The predicted octanol–water partition coefficient (Wildman–Crippen LogP) is 2.33. The molecule has 1 aromatic heterocycles. The van der Waals surface area contributed by atoms with Crippen molar-refractivity contribution < 1.29 is 0 Å². The summed E-state index contributed by atoms with van der Waals surface area (Å²) in [5.74, 6) is 0.921. The van der Waals surface area contributed by atoms with Crippen molar-refractivity contribution in [3.63, 3.8) is 0 Å². The number of hydrogen-bond acceptors (Lipinski definition) is 3. The van der Waals surface area contributed by atoms with Gasteiger partial charge in [0.05, 0.1) is 6.54 Å². The Labute approximate surface area is 101 Å². The monoisotopic (exact) mass is 238 g/mol. The molecule has 86 valence electrons. The van der Waals surface area contributed by atoms with E-state index in [0.29, 0.717) is 6.54 Å². The normalized spacial score (nSPS) is 9.56. The minimum atomic E-state index is 0. The maximum atomic E-state index is 5.73. The predicted molar refractivity (Wildman–Crippen MR) is 68.8 cm³/mol. The minimum absolute atomic E-state index is 0. The van der Waals surface area contributed by atoms with Gasteiger partial charge in [0.1, 0.15) is 5.82 Å². The Morgan fingerprint density at radius 1 is 1.44 bits per heavy atom. The number of nitrogens with two attached hydrogens (primary N) is 1. The van der Waals surface area contributed by atoms with E-state index in [1.165, 1.54) is 0 Å². The topological polar surface area (TPSA) is 66.7 Å². The van der Waals surface area contributed by atoms with Gasteiger partial charge in [-0.2, -0.15) is 0 Å². The Kier molecular flexibility index (Phi) is 4.19. The van der Waals surface area contributed by atoms with E-state index in [4.69, 9.17) is 5.73 Å². The first-order valence-electron chi connectivity index (χ1n) is 4.84. The number of halogens is 1. The molecule has 2 rings (SSSR count). The Balaban J connectivity index is 0.00000128. The Morgan fingerprint density at radius 2 is 2.25 bits per heavy atom. The first-order valence-corrected chi connectivity index (χ1v) is 4.84. The van der Waals surface area contributed by atoms with E-state index in [2.05, 4.69) is 15.3 Å². The number of nitrogens with one attached hydrogen (secondary N) is 2. The molecule has 0 aliphatic carbocycles. The molecule has 0 saturated heterocycles. The molecule has 2 aromatic rings. The SMILES string of the molecule is Cc1cc(NCc2ncc[nH]2)ccc1N.Cl. The van der Waals surface area contributed by atoms with Crippen LogP contribution in [0, 0.1) is 6.92 Å². The zero-order valence-corrected chi connectivity index (χ0v) is 9.84. The molecule has 0 unspecified atom stereocenters. The van der Waals surface area contributed by atoms with Crippen molar-refractivity contribution >= 4 is 23.8 Å². The number of aromatic amines is 1. The van der Waals surface area contributed by atoms with E-state index < -0.39 is 0 Å². The first-order chi connectivity index (χ1) is 7.25. The zero-order chi connectivity index (χ0) is 10.7. The highest BCUT2D eigenvalue weighted by molar-refractivity contribution is 5.85. The highest BCUT2D eigenvalue weighted by Crippen LogP contribution is 2.16. The number of imidazole rings is 1. The summed E-state index contributed by atoms with van der Waals surface area (Å²) in [7, 11) is 0. The molecule has 0 atom stereocenters. The second-order valence-electron chi connectivity index (χ2n) is 3.46. The molecule has 0 radical (unpaired) electrons. The fourth-order valence-electron chi connectivity index (χ4n) is 1.37. The van der Waals surface area contributed by atoms with E-state index in [0.717, 1.165) is 22.8 Å². The number of rotatable bonds is 3. The summed E-state index contributed by atoms with van der Waals surface area (Å²) in [6.45, 7) is 2.68. The van der Waals surface area contributed by atoms with Crippen LogP contribution in [-0.2, 0) is 6.54 Å². The molecule has 4 N–H and O–H groups in total. The number of benzene rings is 1. The molecule has 0 saturated carbocycles. The summed E-state index contributed by atoms with van der Waals surface area (Å²) >= 11 is 0. The Bertz CT molecular complexity index is 439. The van der Waals surface area contributed by atoms with Gasteiger partial charge in [0.2, 0.25) is 0 Å². The maximum Gasteiger partial charge on any atom is 0.125 e. The number of aryl methyl sites for hydroxylation is 1. The third kappa shape index (κ3) is 2.90. The second-order valence-corrected chi connectivity index (χ2v) is 3.46. The van der Waals surface area contributed by atoms with E-state index in [1.807, 2.05) is 31.3 Å². The Hall–Kier alpha value is -1.68. The van der Waals surface area contributed by atoms with Gasteiger partial charge in [-0.05, 0) is 30.7 Å². The summed E-state index contributed by atoms with van der Waals surface area (Å²) in [5, 5.41) is 3.27. The van der Waals surface area contributed by atoms with Gasteiger partial charge in [-0.15, -0.1) is 12.4 Å².